The first-order valence-electron chi connectivity index (χ1n) is 7.67. The molecule has 1 aliphatic heterocycles. The molecule has 3 rings (SSSR count). The van der Waals surface area contributed by atoms with Crippen LogP contribution in [-0.2, 0) is 6.54 Å². The van der Waals surface area contributed by atoms with Crippen LogP contribution in [0.1, 0.15) is 40.0 Å². The van der Waals surface area contributed by atoms with Crippen LogP contribution in [0.2, 0.25) is 0 Å². The van der Waals surface area contributed by atoms with E-state index in [1.807, 2.05) is 6.20 Å². The minimum absolute atomic E-state index is 0.582. The molecule has 1 N–H and O–H groups in total. The number of likely N-dealkylation sites (tertiary alicyclic amines) is 1. The number of nitrogens with zero attached hydrogens (tertiary/aromatic N) is 3. The van der Waals surface area contributed by atoms with Gasteiger partial charge in [-0.25, -0.2) is 4.68 Å². The van der Waals surface area contributed by atoms with Crippen molar-refractivity contribution in [1.82, 2.24) is 14.7 Å². The number of hydrogen-bond donors (Lipinski definition) is 1. The van der Waals surface area contributed by atoms with Crippen LogP contribution in [0.25, 0.3) is 0 Å². The standard InChI is InChI=1S/C15H26N4/c1-11(2)9-19-15(6-7-16-19)17-13-8-12(3)18(10-13)14-4-5-14/h6-7,11-14,17H,4-5,8-10H2,1-3H3/t12-,13+/m0/s1. The Morgan fingerprint density at radius 1 is 1.42 bits per heavy atom. The Morgan fingerprint density at radius 2 is 2.21 bits per heavy atom. The first-order chi connectivity index (χ1) is 9.13. The lowest BCUT2D eigenvalue weighted by Crippen LogP contribution is -2.31. The third-order valence-corrected chi connectivity index (χ3v) is 4.25. The zero-order valence-electron chi connectivity index (χ0n) is 12.3. The molecule has 106 valence electrons. The van der Waals surface area contributed by atoms with Crippen molar-refractivity contribution in [2.75, 3.05) is 11.9 Å². The van der Waals surface area contributed by atoms with Crippen LogP contribution in [0, 0.1) is 5.92 Å². The maximum absolute atomic E-state index is 4.42. The largest absolute Gasteiger partial charge is 0.366 e. The van der Waals surface area contributed by atoms with E-state index >= 15 is 0 Å². The van der Waals surface area contributed by atoms with Crippen molar-refractivity contribution in [2.24, 2.45) is 5.92 Å². The number of rotatable bonds is 5. The summed E-state index contributed by atoms with van der Waals surface area (Å²) in [5, 5.41) is 8.12. The fraction of sp³-hybridized carbons (Fsp3) is 0.800. The maximum Gasteiger partial charge on any atom is 0.124 e. The van der Waals surface area contributed by atoms with Crippen LogP contribution >= 0.6 is 0 Å². The summed E-state index contributed by atoms with van der Waals surface area (Å²) in [6, 6.07) is 4.29. The Kier molecular flexibility index (Phi) is 3.52. The van der Waals surface area contributed by atoms with Crippen LogP contribution < -0.4 is 5.32 Å². The van der Waals surface area contributed by atoms with Crippen LogP contribution in [0.3, 0.4) is 0 Å². The molecule has 4 nitrogen and oxygen atoms in total. The molecule has 0 amide bonds. The second-order valence-electron chi connectivity index (χ2n) is 6.65. The van der Waals surface area contributed by atoms with Crippen LogP contribution in [0.5, 0.6) is 0 Å². The normalized spacial score (nSPS) is 28.2. The van der Waals surface area contributed by atoms with Gasteiger partial charge in [-0.3, -0.25) is 4.90 Å². The van der Waals surface area contributed by atoms with E-state index in [2.05, 4.69) is 46.8 Å². The van der Waals surface area contributed by atoms with Gasteiger partial charge >= 0.3 is 0 Å². The van der Waals surface area contributed by atoms with Crippen molar-refractivity contribution in [3.8, 4) is 0 Å². The van der Waals surface area contributed by atoms with Crippen molar-refractivity contribution in [2.45, 2.75) is 64.7 Å². The van der Waals surface area contributed by atoms with E-state index in [1.54, 1.807) is 0 Å². The topological polar surface area (TPSA) is 33.1 Å². The maximum atomic E-state index is 4.42. The average molecular weight is 262 g/mol. The molecule has 0 radical (unpaired) electrons. The molecule has 2 heterocycles. The lowest BCUT2D eigenvalue weighted by Gasteiger charge is -2.20. The predicted molar refractivity (Wildman–Crippen MR) is 78.3 cm³/mol. The van der Waals surface area contributed by atoms with E-state index in [0.717, 1.165) is 18.6 Å². The second-order valence-corrected chi connectivity index (χ2v) is 6.65. The highest BCUT2D eigenvalue weighted by atomic mass is 15.3. The predicted octanol–water partition coefficient (Wildman–Crippen LogP) is 2.58. The van der Waals surface area contributed by atoms with Gasteiger partial charge in [-0.15, -0.1) is 0 Å². The summed E-state index contributed by atoms with van der Waals surface area (Å²) in [5.41, 5.74) is 0. The highest BCUT2D eigenvalue weighted by molar-refractivity contribution is 5.36. The monoisotopic (exact) mass is 262 g/mol. The van der Waals surface area contributed by atoms with Crippen molar-refractivity contribution >= 4 is 5.82 Å². The van der Waals surface area contributed by atoms with Gasteiger partial charge in [0.25, 0.3) is 0 Å². The molecule has 2 atom stereocenters. The third-order valence-electron chi connectivity index (χ3n) is 4.25. The summed E-state index contributed by atoms with van der Waals surface area (Å²) in [6.07, 6.45) is 5.97. The minimum atomic E-state index is 0.582. The van der Waals surface area contributed by atoms with Crippen molar-refractivity contribution < 1.29 is 0 Å². The van der Waals surface area contributed by atoms with Gasteiger partial charge in [0, 0.05) is 37.3 Å². The smallest absolute Gasteiger partial charge is 0.124 e. The summed E-state index contributed by atoms with van der Waals surface area (Å²) in [5.74, 6) is 1.81. The van der Waals surface area contributed by atoms with Gasteiger partial charge in [-0.2, -0.15) is 5.10 Å². The molecule has 1 saturated carbocycles. The van der Waals surface area contributed by atoms with E-state index in [0.29, 0.717) is 12.0 Å². The van der Waals surface area contributed by atoms with Crippen LogP contribution in [0.4, 0.5) is 5.82 Å². The molecular weight excluding hydrogens is 236 g/mol. The zero-order valence-corrected chi connectivity index (χ0v) is 12.3. The fourth-order valence-electron chi connectivity index (χ4n) is 3.23. The number of hydrogen-bond acceptors (Lipinski definition) is 3. The molecule has 19 heavy (non-hydrogen) atoms. The quantitative estimate of drug-likeness (QED) is 0.885. The molecule has 4 heteroatoms. The Balaban J connectivity index is 1.61. The summed E-state index contributed by atoms with van der Waals surface area (Å²) in [6.45, 7) is 9.02. The Bertz CT molecular complexity index is 422. The lowest BCUT2D eigenvalue weighted by atomic mass is 10.2. The Labute approximate surface area is 116 Å². The summed E-state index contributed by atoms with van der Waals surface area (Å²) < 4.78 is 2.11. The van der Waals surface area contributed by atoms with Crippen molar-refractivity contribution in [3.63, 3.8) is 0 Å². The SMILES string of the molecule is CC(C)Cn1nccc1N[C@@H]1C[C@H](C)N(C2CC2)C1. The molecule has 0 unspecified atom stereocenters. The molecule has 1 aliphatic carbocycles. The zero-order chi connectivity index (χ0) is 13.4. The van der Waals surface area contributed by atoms with Gasteiger partial charge in [0.1, 0.15) is 5.82 Å². The van der Waals surface area contributed by atoms with E-state index in [1.165, 1.54) is 31.6 Å². The lowest BCUT2D eigenvalue weighted by molar-refractivity contribution is 0.257. The van der Waals surface area contributed by atoms with E-state index in [9.17, 15) is 0 Å². The highest BCUT2D eigenvalue weighted by Gasteiger charge is 2.38. The summed E-state index contributed by atoms with van der Waals surface area (Å²) in [4.78, 5) is 2.68. The molecule has 0 aromatic carbocycles. The average Bonchev–Trinajstić information content (AvgIpc) is 3.00. The molecule has 0 bridgehead atoms. The number of aromatic nitrogens is 2. The van der Waals surface area contributed by atoms with Crippen molar-refractivity contribution in [3.05, 3.63) is 12.3 Å². The first-order valence-corrected chi connectivity index (χ1v) is 7.67. The molecular formula is C15H26N4. The molecule has 2 fully saturated rings. The molecule has 2 aliphatic rings. The first kappa shape index (κ1) is 13.0. The molecule has 1 aromatic heterocycles. The van der Waals surface area contributed by atoms with Gasteiger partial charge in [-0.05, 0) is 32.1 Å². The molecule has 0 spiro atoms. The van der Waals surface area contributed by atoms with Gasteiger partial charge in [-0.1, -0.05) is 13.8 Å². The Hall–Kier alpha value is -1.03. The summed E-state index contributed by atoms with van der Waals surface area (Å²) >= 11 is 0. The van der Waals surface area contributed by atoms with E-state index in [4.69, 9.17) is 0 Å². The summed E-state index contributed by atoms with van der Waals surface area (Å²) in [7, 11) is 0. The van der Waals surface area contributed by atoms with Gasteiger partial charge in [0.15, 0.2) is 0 Å². The fourth-order valence-corrected chi connectivity index (χ4v) is 3.23. The Morgan fingerprint density at radius 3 is 2.89 bits per heavy atom. The molecule has 1 aromatic rings. The highest BCUT2D eigenvalue weighted by Crippen LogP contribution is 2.34. The number of anilines is 1. The van der Waals surface area contributed by atoms with Crippen LogP contribution in [-0.4, -0.2) is 39.4 Å². The van der Waals surface area contributed by atoms with Crippen LogP contribution in [0.15, 0.2) is 12.3 Å². The van der Waals surface area contributed by atoms with E-state index < -0.39 is 0 Å². The van der Waals surface area contributed by atoms with Gasteiger partial charge < -0.3 is 5.32 Å². The molecule has 1 saturated heterocycles. The second kappa shape index (κ2) is 5.16. The minimum Gasteiger partial charge on any atom is -0.366 e. The van der Waals surface area contributed by atoms with Gasteiger partial charge in [0.2, 0.25) is 0 Å². The van der Waals surface area contributed by atoms with E-state index in [-0.39, 0.29) is 0 Å². The third kappa shape index (κ3) is 2.94. The van der Waals surface area contributed by atoms with Gasteiger partial charge in [0.05, 0.1) is 6.20 Å². The number of nitrogens with one attached hydrogen (secondary N) is 1. The van der Waals surface area contributed by atoms with Crippen molar-refractivity contribution in [1.29, 1.82) is 0 Å².